The number of pyridine rings is 1. The molecule has 1 amide bonds. The summed E-state index contributed by atoms with van der Waals surface area (Å²) in [5.41, 5.74) is 1.09. The number of nitrogens with one attached hydrogen (secondary N) is 1. The molecule has 1 aliphatic heterocycles. The van der Waals surface area contributed by atoms with E-state index in [1.54, 1.807) is 0 Å². The molecule has 4 heteroatoms. The molecule has 0 atom stereocenters. The molecule has 2 heterocycles. The van der Waals surface area contributed by atoms with E-state index in [9.17, 15) is 9.59 Å². The van der Waals surface area contributed by atoms with Gasteiger partial charge >= 0.3 is 0 Å². The molecule has 0 radical (unpaired) electrons. The topological polar surface area (TPSA) is 53.2 Å². The Bertz CT molecular complexity index is 529. The number of rotatable bonds is 3. The molecule has 1 aromatic heterocycles. The second-order valence-corrected chi connectivity index (χ2v) is 5.58. The molecule has 0 saturated carbocycles. The van der Waals surface area contributed by atoms with Crippen LogP contribution in [0.3, 0.4) is 0 Å². The second-order valence-electron chi connectivity index (χ2n) is 5.58. The Morgan fingerprint density at radius 1 is 1.42 bits per heavy atom. The molecule has 0 aliphatic carbocycles. The van der Waals surface area contributed by atoms with Gasteiger partial charge in [-0.05, 0) is 31.6 Å². The van der Waals surface area contributed by atoms with Gasteiger partial charge in [-0.1, -0.05) is 13.8 Å². The summed E-state index contributed by atoms with van der Waals surface area (Å²) < 4.78 is 0. The maximum absolute atomic E-state index is 12.4. The summed E-state index contributed by atoms with van der Waals surface area (Å²) in [5, 5.41) is 0. The highest BCUT2D eigenvalue weighted by atomic mass is 16.2. The van der Waals surface area contributed by atoms with E-state index < -0.39 is 0 Å². The number of carbonyl (C=O) groups is 1. The second kappa shape index (κ2) is 5.19. The fourth-order valence-corrected chi connectivity index (χ4v) is 2.85. The number of aryl methyl sites for hydroxylation is 1. The molecule has 2 rings (SSSR count). The van der Waals surface area contributed by atoms with E-state index in [1.165, 1.54) is 12.3 Å². The normalized spacial score (nSPS) is 17.7. The van der Waals surface area contributed by atoms with Crippen LogP contribution in [0.5, 0.6) is 0 Å². The van der Waals surface area contributed by atoms with E-state index in [4.69, 9.17) is 0 Å². The molecule has 1 aromatic rings. The van der Waals surface area contributed by atoms with Gasteiger partial charge in [-0.15, -0.1) is 0 Å². The van der Waals surface area contributed by atoms with Crippen LogP contribution in [-0.2, 0) is 0 Å². The average molecular weight is 262 g/mol. The molecule has 0 aromatic carbocycles. The van der Waals surface area contributed by atoms with Crippen LogP contribution >= 0.6 is 0 Å². The summed E-state index contributed by atoms with van der Waals surface area (Å²) in [7, 11) is 0. The standard InChI is InChI=1S/C15H22N2O2/c1-4-15(5-2)6-7-17(10-15)14(19)12-9-16-11(3)8-13(12)18/h8-9H,4-7,10H2,1-3H3,(H,16,18). The molecule has 0 unspecified atom stereocenters. The van der Waals surface area contributed by atoms with Crippen LogP contribution < -0.4 is 5.43 Å². The predicted molar refractivity (Wildman–Crippen MR) is 75.3 cm³/mol. The molecule has 4 nitrogen and oxygen atoms in total. The highest BCUT2D eigenvalue weighted by molar-refractivity contribution is 5.94. The lowest BCUT2D eigenvalue weighted by molar-refractivity contribution is 0.0768. The van der Waals surface area contributed by atoms with Gasteiger partial charge in [0.1, 0.15) is 5.56 Å². The van der Waals surface area contributed by atoms with Gasteiger partial charge in [0.2, 0.25) is 0 Å². The van der Waals surface area contributed by atoms with Gasteiger partial charge in [0, 0.05) is 31.0 Å². The van der Waals surface area contributed by atoms with Crippen LogP contribution in [0.2, 0.25) is 0 Å². The highest BCUT2D eigenvalue weighted by Gasteiger charge is 2.37. The third kappa shape index (κ3) is 2.57. The smallest absolute Gasteiger partial charge is 0.259 e. The van der Waals surface area contributed by atoms with Crippen molar-refractivity contribution in [2.75, 3.05) is 13.1 Å². The number of hydrogen-bond acceptors (Lipinski definition) is 2. The Balaban J connectivity index is 2.20. The van der Waals surface area contributed by atoms with Crippen LogP contribution in [0.4, 0.5) is 0 Å². The number of likely N-dealkylation sites (tertiary alicyclic amines) is 1. The summed E-state index contributed by atoms with van der Waals surface area (Å²) in [6.45, 7) is 7.69. The van der Waals surface area contributed by atoms with Crippen LogP contribution in [0, 0.1) is 12.3 Å². The zero-order valence-corrected chi connectivity index (χ0v) is 12.0. The largest absolute Gasteiger partial charge is 0.364 e. The van der Waals surface area contributed by atoms with Gasteiger partial charge in [-0.3, -0.25) is 9.59 Å². The Kier molecular flexibility index (Phi) is 3.78. The lowest BCUT2D eigenvalue weighted by Crippen LogP contribution is -2.34. The van der Waals surface area contributed by atoms with Crippen molar-refractivity contribution in [3.8, 4) is 0 Å². The van der Waals surface area contributed by atoms with Crippen LogP contribution in [-0.4, -0.2) is 28.9 Å². The predicted octanol–water partition coefficient (Wildman–Crippen LogP) is 2.34. The highest BCUT2D eigenvalue weighted by Crippen LogP contribution is 2.37. The van der Waals surface area contributed by atoms with Crippen LogP contribution in [0.25, 0.3) is 0 Å². The van der Waals surface area contributed by atoms with Gasteiger partial charge in [0.05, 0.1) is 0 Å². The van der Waals surface area contributed by atoms with Crippen molar-refractivity contribution in [3.63, 3.8) is 0 Å². The summed E-state index contributed by atoms with van der Waals surface area (Å²) in [6, 6.07) is 1.48. The minimum atomic E-state index is -0.188. The Labute approximate surface area is 113 Å². The number of hydrogen-bond donors (Lipinski definition) is 1. The van der Waals surface area contributed by atoms with Crippen LogP contribution in [0.1, 0.15) is 49.2 Å². The first-order valence-electron chi connectivity index (χ1n) is 7.00. The molecule has 1 fully saturated rings. The molecule has 1 saturated heterocycles. The Morgan fingerprint density at radius 3 is 2.63 bits per heavy atom. The van der Waals surface area contributed by atoms with E-state index in [1.807, 2.05) is 11.8 Å². The molecule has 19 heavy (non-hydrogen) atoms. The summed E-state index contributed by atoms with van der Waals surface area (Å²) >= 11 is 0. The van der Waals surface area contributed by atoms with Crippen molar-refractivity contribution in [2.24, 2.45) is 5.41 Å². The fourth-order valence-electron chi connectivity index (χ4n) is 2.85. The third-order valence-electron chi connectivity index (χ3n) is 4.51. The van der Waals surface area contributed by atoms with Crippen LogP contribution in [0.15, 0.2) is 17.1 Å². The first kappa shape index (κ1) is 13.8. The van der Waals surface area contributed by atoms with E-state index in [-0.39, 0.29) is 22.3 Å². The van der Waals surface area contributed by atoms with Crippen molar-refractivity contribution in [1.29, 1.82) is 0 Å². The first-order chi connectivity index (χ1) is 9.01. The van der Waals surface area contributed by atoms with Crippen molar-refractivity contribution < 1.29 is 4.79 Å². The zero-order chi connectivity index (χ0) is 14.0. The Hall–Kier alpha value is -1.58. The van der Waals surface area contributed by atoms with Gasteiger partial charge in [0.25, 0.3) is 5.91 Å². The lowest BCUT2D eigenvalue weighted by atomic mass is 9.82. The molecule has 0 bridgehead atoms. The van der Waals surface area contributed by atoms with Crippen molar-refractivity contribution in [1.82, 2.24) is 9.88 Å². The number of H-pyrrole nitrogens is 1. The average Bonchev–Trinajstić information content (AvgIpc) is 2.83. The van der Waals surface area contributed by atoms with Gasteiger partial charge in [-0.25, -0.2) is 0 Å². The van der Waals surface area contributed by atoms with E-state index in [2.05, 4.69) is 18.8 Å². The number of amides is 1. The molecular formula is C15H22N2O2. The third-order valence-corrected chi connectivity index (χ3v) is 4.51. The molecule has 1 N–H and O–H groups in total. The van der Waals surface area contributed by atoms with Crippen molar-refractivity contribution in [3.05, 3.63) is 33.7 Å². The van der Waals surface area contributed by atoms with E-state index in [0.717, 1.165) is 38.0 Å². The minimum absolute atomic E-state index is 0.134. The Morgan fingerprint density at radius 2 is 2.11 bits per heavy atom. The van der Waals surface area contributed by atoms with E-state index in [0.29, 0.717) is 0 Å². The first-order valence-corrected chi connectivity index (χ1v) is 7.00. The fraction of sp³-hybridized carbons (Fsp3) is 0.600. The number of nitrogens with zero attached hydrogens (tertiary/aromatic N) is 1. The molecular weight excluding hydrogens is 240 g/mol. The maximum Gasteiger partial charge on any atom is 0.259 e. The van der Waals surface area contributed by atoms with Gasteiger partial charge in [-0.2, -0.15) is 0 Å². The van der Waals surface area contributed by atoms with Gasteiger partial charge in [0.15, 0.2) is 5.43 Å². The summed E-state index contributed by atoms with van der Waals surface area (Å²) in [4.78, 5) is 29.0. The maximum atomic E-state index is 12.4. The number of carbonyl (C=O) groups excluding carboxylic acids is 1. The number of aromatic amines is 1. The zero-order valence-electron chi connectivity index (χ0n) is 12.0. The molecule has 0 spiro atoms. The quantitative estimate of drug-likeness (QED) is 0.909. The van der Waals surface area contributed by atoms with Crippen molar-refractivity contribution >= 4 is 5.91 Å². The number of aromatic nitrogens is 1. The summed E-state index contributed by atoms with van der Waals surface area (Å²) in [6.07, 6.45) is 4.74. The monoisotopic (exact) mass is 262 g/mol. The SMILES string of the molecule is CCC1(CC)CCN(C(=O)c2c[nH]c(C)cc2=O)C1. The minimum Gasteiger partial charge on any atom is -0.364 e. The van der Waals surface area contributed by atoms with E-state index >= 15 is 0 Å². The summed E-state index contributed by atoms with van der Waals surface area (Å²) in [5.74, 6) is -0.134. The van der Waals surface area contributed by atoms with Gasteiger partial charge < -0.3 is 9.88 Å². The molecule has 104 valence electrons. The van der Waals surface area contributed by atoms with Crippen molar-refractivity contribution in [2.45, 2.75) is 40.0 Å². The molecule has 1 aliphatic rings. The lowest BCUT2D eigenvalue weighted by Gasteiger charge is -2.26.